The zero-order chi connectivity index (χ0) is 13.0. The van der Waals surface area contributed by atoms with Gasteiger partial charge in [0.1, 0.15) is 10.8 Å². The Balaban J connectivity index is 1.95. The van der Waals surface area contributed by atoms with Gasteiger partial charge in [0.25, 0.3) is 5.91 Å². The highest BCUT2D eigenvalue weighted by Crippen LogP contribution is 2.19. The Labute approximate surface area is 112 Å². The number of nitrogens with zero attached hydrogens (tertiary/aromatic N) is 2. The number of likely N-dealkylation sites (tertiary alicyclic amines) is 1. The van der Waals surface area contributed by atoms with Gasteiger partial charge in [-0.2, -0.15) is 0 Å². The van der Waals surface area contributed by atoms with E-state index in [1.165, 1.54) is 0 Å². The van der Waals surface area contributed by atoms with Crippen LogP contribution >= 0.6 is 11.6 Å². The fourth-order valence-electron chi connectivity index (χ4n) is 2.23. The number of ether oxygens (including phenoxy) is 1. The number of halogens is 1. The first kappa shape index (κ1) is 13.3. The zero-order valence-corrected chi connectivity index (χ0v) is 11.2. The highest BCUT2D eigenvalue weighted by Gasteiger charge is 2.24. The molecule has 1 aliphatic rings. The van der Waals surface area contributed by atoms with Gasteiger partial charge < -0.3 is 9.64 Å². The number of amides is 1. The second kappa shape index (κ2) is 6.16. The third-order valence-corrected chi connectivity index (χ3v) is 3.45. The summed E-state index contributed by atoms with van der Waals surface area (Å²) in [6, 6.07) is 5.12. The van der Waals surface area contributed by atoms with E-state index in [1.807, 2.05) is 4.90 Å². The van der Waals surface area contributed by atoms with Crippen LogP contribution in [0.1, 0.15) is 23.3 Å². The van der Waals surface area contributed by atoms with Crippen LogP contribution in [0, 0.1) is 5.92 Å². The number of hydrogen-bond donors (Lipinski definition) is 0. The van der Waals surface area contributed by atoms with Crippen LogP contribution in [-0.2, 0) is 4.74 Å². The van der Waals surface area contributed by atoms with Gasteiger partial charge in [0.15, 0.2) is 0 Å². The first-order chi connectivity index (χ1) is 8.70. The minimum Gasteiger partial charge on any atom is -0.384 e. The van der Waals surface area contributed by atoms with Crippen LogP contribution in [0.5, 0.6) is 0 Å². The van der Waals surface area contributed by atoms with Crippen LogP contribution in [0.4, 0.5) is 0 Å². The van der Waals surface area contributed by atoms with Crippen molar-refractivity contribution in [3.05, 3.63) is 29.0 Å². The molecule has 0 N–H and O–H groups in total. The molecule has 1 aliphatic heterocycles. The number of pyridine rings is 1. The summed E-state index contributed by atoms with van der Waals surface area (Å²) in [6.07, 6.45) is 1.97. The molecule has 0 radical (unpaired) electrons. The van der Waals surface area contributed by atoms with Crippen LogP contribution in [0.25, 0.3) is 0 Å². The third-order valence-electron chi connectivity index (χ3n) is 3.24. The molecule has 1 aromatic rings. The SMILES string of the molecule is COCC1CCN(C(=O)c2cccc(Cl)n2)CC1. The smallest absolute Gasteiger partial charge is 0.272 e. The average Bonchev–Trinajstić information content (AvgIpc) is 2.39. The molecule has 1 aromatic heterocycles. The van der Waals surface area contributed by atoms with Crippen molar-refractivity contribution in [1.82, 2.24) is 9.88 Å². The number of carbonyl (C=O) groups is 1. The molecule has 0 bridgehead atoms. The predicted octanol–water partition coefficient (Wildman–Crippen LogP) is 2.23. The van der Waals surface area contributed by atoms with Gasteiger partial charge in [-0.1, -0.05) is 17.7 Å². The lowest BCUT2D eigenvalue weighted by Gasteiger charge is -2.31. The highest BCUT2D eigenvalue weighted by atomic mass is 35.5. The molecule has 98 valence electrons. The molecular formula is C13H17ClN2O2. The van der Waals surface area contributed by atoms with E-state index in [0.29, 0.717) is 16.8 Å². The molecule has 0 spiro atoms. The van der Waals surface area contributed by atoms with E-state index in [-0.39, 0.29) is 5.91 Å². The Morgan fingerprint density at radius 3 is 2.83 bits per heavy atom. The van der Waals surface area contributed by atoms with Gasteiger partial charge in [-0.15, -0.1) is 0 Å². The van der Waals surface area contributed by atoms with Crippen molar-refractivity contribution in [2.45, 2.75) is 12.8 Å². The van der Waals surface area contributed by atoms with Gasteiger partial charge in [-0.3, -0.25) is 4.79 Å². The molecule has 0 unspecified atom stereocenters. The number of aromatic nitrogens is 1. The van der Waals surface area contributed by atoms with Crippen molar-refractivity contribution in [2.75, 3.05) is 26.8 Å². The first-order valence-corrected chi connectivity index (χ1v) is 6.49. The maximum absolute atomic E-state index is 12.2. The molecular weight excluding hydrogens is 252 g/mol. The maximum atomic E-state index is 12.2. The Morgan fingerprint density at radius 1 is 1.50 bits per heavy atom. The lowest BCUT2D eigenvalue weighted by Crippen LogP contribution is -2.39. The minimum absolute atomic E-state index is 0.0339. The molecule has 1 saturated heterocycles. The van der Waals surface area contributed by atoms with Crippen LogP contribution in [0.3, 0.4) is 0 Å². The Bertz CT molecular complexity index is 417. The number of rotatable bonds is 3. The lowest BCUT2D eigenvalue weighted by molar-refractivity contribution is 0.0608. The number of carbonyl (C=O) groups excluding carboxylic acids is 1. The maximum Gasteiger partial charge on any atom is 0.272 e. The molecule has 0 aliphatic carbocycles. The molecule has 2 rings (SSSR count). The summed E-state index contributed by atoms with van der Waals surface area (Å²) < 4.78 is 5.14. The van der Waals surface area contributed by atoms with Crippen molar-refractivity contribution in [3.63, 3.8) is 0 Å². The normalized spacial score (nSPS) is 16.9. The van der Waals surface area contributed by atoms with Gasteiger partial charge in [0, 0.05) is 26.8 Å². The molecule has 0 atom stereocenters. The summed E-state index contributed by atoms with van der Waals surface area (Å²) in [6.45, 7) is 2.31. The van der Waals surface area contributed by atoms with Crippen LogP contribution in [-0.4, -0.2) is 42.6 Å². The van der Waals surface area contributed by atoms with Crippen LogP contribution in [0.2, 0.25) is 5.15 Å². The fourth-order valence-corrected chi connectivity index (χ4v) is 2.39. The van der Waals surface area contributed by atoms with Gasteiger partial charge in [0.05, 0.1) is 0 Å². The second-order valence-electron chi connectivity index (χ2n) is 4.54. The second-order valence-corrected chi connectivity index (χ2v) is 4.92. The number of methoxy groups -OCH3 is 1. The van der Waals surface area contributed by atoms with Crippen LogP contribution < -0.4 is 0 Å². The summed E-state index contributed by atoms with van der Waals surface area (Å²) in [5.74, 6) is 0.528. The van der Waals surface area contributed by atoms with Crippen molar-refractivity contribution in [1.29, 1.82) is 0 Å². The summed E-state index contributed by atoms with van der Waals surface area (Å²) in [5.41, 5.74) is 0.424. The number of piperidine rings is 1. The molecule has 1 amide bonds. The van der Waals surface area contributed by atoms with Crippen LogP contribution in [0.15, 0.2) is 18.2 Å². The van der Waals surface area contributed by atoms with E-state index < -0.39 is 0 Å². The zero-order valence-electron chi connectivity index (χ0n) is 10.4. The van der Waals surface area contributed by atoms with Gasteiger partial charge >= 0.3 is 0 Å². The van der Waals surface area contributed by atoms with E-state index in [1.54, 1.807) is 25.3 Å². The Morgan fingerprint density at radius 2 is 2.22 bits per heavy atom. The molecule has 0 saturated carbocycles. The van der Waals surface area contributed by atoms with Crippen molar-refractivity contribution < 1.29 is 9.53 Å². The molecule has 2 heterocycles. The molecule has 4 nitrogen and oxygen atoms in total. The topological polar surface area (TPSA) is 42.4 Å². The van der Waals surface area contributed by atoms with E-state index in [4.69, 9.17) is 16.3 Å². The molecule has 1 fully saturated rings. The van der Waals surface area contributed by atoms with Gasteiger partial charge in [-0.05, 0) is 30.9 Å². The quantitative estimate of drug-likeness (QED) is 0.790. The van der Waals surface area contributed by atoms with E-state index in [9.17, 15) is 4.79 Å². The van der Waals surface area contributed by atoms with Crippen molar-refractivity contribution in [3.8, 4) is 0 Å². The summed E-state index contributed by atoms with van der Waals surface area (Å²) in [5, 5.41) is 0.357. The summed E-state index contributed by atoms with van der Waals surface area (Å²) in [7, 11) is 1.72. The summed E-state index contributed by atoms with van der Waals surface area (Å²) in [4.78, 5) is 18.1. The largest absolute Gasteiger partial charge is 0.384 e. The monoisotopic (exact) mass is 268 g/mol. The standard InChI is InChI=1S/C13H17ClN2O2/c1-18-9-10-5-7-16(8-6-10)13(17)11-3-2-4-12(14)15-11/h2-4,10H,5-9H2,1H3. The Kier molecular flexibility index (Phi) is 4.55. The average molecular weight is 269 g/mol. The third kappa shape index (κ3) is 3.21. The highest BCUT2D eigenvalue weighted by molar-refractivity contribution is 6.29. The number of hydrogen-bond acceptors (Lipinski definition) is 3. The summed E-state index contributed by atoms with van der Waals surface area (Å²) >= 11 is 5.79. The van der Waals surface area contributed by atoms with Gasteiger partial charge in [-0.25, -0.2) is 4.98 Å². The fraction of sp³-hybridized carbons (Fsp3) is 0.538. The minimum atomic E-state index is -0.0339. The van der Waals surface area contributed by atoms with Crippen molar-refractivity contribution in [2.24, 2.45) is 5.92 Å². The first-order valence-electron chi connectivity index (χ1n) is 6.11. The molecule has 5 heteroatoms. The Hall–Kier alpha value is -1.13. The predicted molar refractivity (Wildman–Crippen MR) is 69.8 cm³/mol. The lowest BCUT2D eigenvalue weighted by atomic mass is 9.97. The van der Waals surface area contributed by atoms with E-state index >= 15 is 0 Å². The van der Waals surface area contributed by atoms with E-state index in [2.05, 4.69) is 4.98 Å². The van der Waals surface area contributed by atoms with E-state index in [0.717, 1.165) is 32.5 Å². The van der Waals surface area contributed by atoms with Gasteiger partial charge in [0.2, 0.25) is 0 Å². The van der Waals surface area contributed by atoms with Crippen molar-refractivity contribution >= 4 is 17.5 Å². The molecule has 18 heavy (non-hydrogen) atoms. The molecule has 0 aromatic carbocycles.